The van der Waals surface area contributed by atoms with Crippen LogP contribution in [0.15, 0.2) is 66.7 Å². The van der Waals surface area contributed by atoms with Crippen LogP contribution in [-0.4, -0.2) is 46.0 Å². The third-order valence-electron chi connectivity index (χ3n) is 5.65. The van der Waals surface area contributed by atoms with E-state index < -0.39 is 0 Å². The molecule has 3 aromatic carbocycles. The van der Waals surface area contributed by atoms with Crippen molar-refractivity contribution >= 4 is 45.6 Å². The SMILES string of the molecule is Nc1nc(CN2CCN(c3cccc(Cl)c3)CC2)nc(Nc2cccc3ccccc23)n1. The topological polar surface area (TPSA) is 83.2 Å². The van der Waals surface area contributed by atoms with E-state index in [0.29, 0.717) is 18.3 Å². The summed E-state index contributed by atoms with van der Waals surface area (Å²) in [6, 6.07) is 22.3. The minimum absolute atomic E-state index is 0.218. The fourth-order valence-corrected chi connectivity index (χ4v) is 4.24. The fourth-order valence-electron chi connectivity index (χ4n) is 4.06. The van der Waals surface area contributed by atoms with E-state index in [-0.39, 0.29) is 5.95 Å². The van der Waals surface area contributed by atoms with Crippen LogP contribution in [0.5, 0.6) is 0 Å². The quantitative estimate of drug-likeness (QED) is 0.473. The maximum Gasteiger partial charge on any atom is 0.232 e. The molecule has 1 aliphatic heterocycles. The second kappa shape index (κ2) is 8.98. The van der Waals surface area contributed by atoms with Crippen molar-refractivity contribution in [2.75, 3.05) is 42.1 Å². The van der Waals surface area contributed by atoms with Crippen molar-refractivity contribution in [1.82, 2.24) is 19.9 Å². The molecule has 7 nitrogen and oxygen atoms in total. The van der Waals surface area contributed by atoms with Gasteiger partial charge in [0.15, 0.2) is 0 Å². The molecule has 4 aromatic rings. The molecule has 0 radical (unpaired) electrons. The van der Waals surface area contributed by atoms with Gasteiger partial charge in [-0.15, -0.1) is 0 Å². The molecule has 3 N–H and O–H groups in total. The number of nitrogens with one attached hydrogen (secondary N) is 1. The number of nitrogen functional groups attached to an aromatic ring is 1. The van der Waals surface area contributed by atoms with Gasteiger partial charge in [-0.2, -0.15) is 15.0 Å². The Morgan fingerprint density at radius 3 is 2.50 bits per heavy atom. The summed E-state index contributed by atoms with van der Waals surface area (Å²) in [7, 11) is 0. The number of piperazine rings is 1. The molecule has 0 amide bonds. The monoisotopic (exact) mass is 445 g/mol. The third kappa shape index (κ3) is 4.59. The molecule has 8 heteroatoms. The first-order chi connectivity index (χ1) is 15.6. The minimum Gasteiger partial charge on any atom is -0.369 e. The van der Waals surface area contributed by atoms with Crippen molar-refractivity contribution in [2.45, 2.75) is 6.54 Å². The Hall–Kier alpha value is -3.42. The molecular weight excluding hydrogens is 422 g/mol. The first kappa shape index (κ1) is 20.5. The zero-order valence-corrected chi connectivity index (χ0v) is 18.3. The van der Waals surface area contributed by atoms with E-state index in [1.54, 1.807) is 0 Å². The lowest BCUT2D eigenvalue weighted by Gasteiger charge is -2.35. The number of hydrogen-bond acceptors (Lipinski definition) is 7. The molecule has 0 aliphatic carbocycles. The Bertz CT molecular complexity index is 1230. The lowest BCUT2D eigenvalue weighted by molar-refractivity contribution is 0.244. The number of rotatable bonds is 5. The van der Waals surface area contributed by atoms with Crippen molar-refractivity contribution in [1.29, 1.82) is 0 Å². The van der Waals surface area contributed by atoms with E-state index in [9.17, 15) is 0 Å². The van der Waals surface area contributed by atoms with Gasteiger partial charge >= 0.3 is 0 Å². The van der Waals surface area contributed by atoms with Crippen molar-refractivity contribution in [3.8, 4) is 0 Å². The molecule has 32 heavy (non-hydrogen) atoms. The van der Waals surface area contributed by atoms with E-state index in [1.165, 1.54) is 0 Å². The van der Waals surface area contributed by atoms with Gasteiger partial charge in [0.2, 0.25) is 11.9 Å². The molecule has 1 fully saturated rings. The molecule has 5 rings (SSSR count). The van der Waals surface area contributed by atoms with Gasteiger partial charge in [0.1, 0.15) is 5.82 Å². The number of nitrogens with zero attached hydrogens (tertiary/aromatic N) is 5. The molecule has 1 saturated heterocycles. The summed E-state index contributed by atoms with van der Waals surface area (Å²) < 4.78 is 0. The molecular formula is C24H24ClN7. The summed E-state index contributed by atoms with van der Waals surface area (Å²) in [5, 5.41) is 6.33. The lowest BCUT2D eigenvalue weighted by Crippen LogP contribution is -2.46. The van der Waals surface area contributed by atoms with Gasteiger partial charge in [-0.1, -0.05) is 54.1 Å². The van der Waals surface area contributed by atoms with E-state index in [1.807, 2.05) is 42.5 Å². The molecule has 0 spiro atoms. The van der Waals surface area contributed by atoms with Crippen LogP contribution < -0.4 is 16.0 Å². The van der Waals surface area contributed by atoms with Crippen molar-refractivity contribution in [3.63, 3.8) is 0 Å². The van der Waals surface area contributed by atoms with Crippen molar-refractivity contribution in [3.05, 3.63) is 77.6 Å². The molecule has 1 aromatic heterocycles. The second-order valence-electron chi connectivity index (χ2n) is 7.83. The summed E-state index contributed by atoms with van der Waals surface area (Å²) in [5.41, 5.74) is 8.10. The van der Waals surface area contributed by atoms with Gasteiger partial charge in [0.05, 0.1) is 6.54 Å². The highest BCUT2D eigenvalue weighted by Gasteiger charge is 2.19. The maximum absolute atomic E-state index is 6.14. The molecule has 0 unspecified atom stereocenters. The van der Waals surface area contributed by atoms with E-state index in [2.05, 4.69) is 54.3 Å². The third-order valence-corrected chi connectivity index (χ3v) is 5.88. The Labute approximate surface area is 191 Å². The summed E-state index contributed by atoms with van der Waals surface area (Å²) in [6.07, 6.45) is 0. The molecule has 2 heterocycles. The first-order valence-electron chi connectivity index (χ1n) is 10.6. The molecule has 162 valence electrons. The summed E-state index contributed by atoms with van der Waals surface area (Å²) in [5.74, 6) is 1.34. The van der Waals surface area contributed by atoms with Crippen LogP contribution in [0.4, 0.5) is 23.3 Å². The number of halogens is 1. The predicted octanol–water partition coefficient (Wildman–Crippen LogP) is 4.33. The van der Waals surface area contributed by atoms with Crippen LogP contribution in [-0.2, 0) is 6.54 Å². The molecule has 1 aliphatic rings. The molecule has 0 saturated carbocycles. The summed E-state index contributed by atoms with van der Waals surface area (Å²) in [6.45, 7) is 4.28. The van der Waals surface area contributed by atoms with Gasteiger partial charge in [-0.05, 0) is 29.7 Å². The normalized spacial score (nSPS) is 14.6. The van der Waals surface area contributed by atoms with E-state index >= 15 is 0 Å². The number of nitrogens with two attached hydrogens (primary N) is 1. The number of fused-ring (bicyclic) bond motifs is 1. The highest BCUT2D eigenvalue weighted by atomic mass is 35.5. The van der Waals surface area contributed by atoms with Gasteiger partial charge in [0.25, 0.3) is 0 Å². The predicted molar refractivity (Wildman–Crippen MR) is 130 cm³/mol. The lowest BCUT2D eigenvalue weighted by atomic mass is 10.1. The van der Waals surface area contributed by atoms with Crippen molar-refractivity contribution < 1.29 is 0 Å². The van der Waals surface area contributed by atoms with Crippen LogP contribution in [0.3, 0.4) is 0 Å². The van der Waals surface area contributed by atoms with Crippen LogP contribution in [0.1, 0.15) is 5.82 Å². The first-order valence-corrected chi connectivity index (χ1v) is 11.0. The highest BCUT2D eigenvalue weighted by Crippen LogP contribution is 2.25. The molecule has 0 bridgehead atoms. The Kier molecular flexibility index (Phi) is 5.75. The number of aromatic nitrogens is 3. The van der Waals surface area contributed by atoms with Crippen LogP contribution in [0.25, 0.3) is 10.8 Å². The molecule has 0 atom stereocenters. The number of anilines is 4. The maximum atomic E-state index is 6.14. The van der Waals surface area contributed by atoms with Crippen molar-refractivity contribution in [2.24, 2.45) is 0 Å². The smallest absolute Gasteiger partial charge is 0.232 e. The second-order valence-corrected chi connectivity index (χ2v) is 8.26. The van der Waals surface area contributed by atoms with Crippen LogP contribution in [0.2, 0.25) is 5.02 Å². The summed E-state index contributed by atoms with van der Waals surface area (Å²) >= 11 is 6.14. The highest BCUT2D eigenvalue weighted by molar-refractivity contribution is 6.30. The Morgan fingerprint density at radius 1 is 0.875 bits per heavy atom. The van der Waals surface area contributed by atoms with E-state index in [4.69, 9.17) is 17.3 Å². The van der Waals surface area contributed by atoms with Gasteiger partial charge in [-0.3, -0.25) is 4.90 Å². The van der Waals surface area contributed by atoms with Gasteiger partial charge < -0.3 is 16.0 Å². The average molecular weight is 446 g/mol. The number of hydrogen-bond donors (Lipinski definition) is 2. The standard InChI is InChI=1S/C24H24ClN7/c25-18-7-4-8-19(15-18)32-13-11-31(12-14-32)16-22-28-23(26)30-24(29-22)27-21-10-3-6-17-5-1-2-9-20(17)21/h1-10,15H,11-14,16H2,(H3,26,27,28,29,30). The largest absolute Gasteiger partial charge is 0.369 e. The minimum atomic E-state index is 0.218. The van der Waals surface area contributed by atoms with Gasteiger partial charge in [0, 0.05) is 48.0 Å². The van der Waals surface area contributed by atoms with Crippen LogP contribution in [0, 0.1) is 0 Å². The Morgan fingerprint density at radius 2 is 1.66 bits per heavy atom. The number of benzene rings is 3. The Balaban J connectivity index is 1.27. The van der Waals surface area contributed by atoms with Gasteiger partial charge in [-0.25, -0.2) is 0 Å². The zero-order chi connectivity index (χ0) is 21.9. The zero-order valence-electron chi connectivity index (χ0n) is 17.6. The average Bonchev–Trinajstić information content (AvgIpc) is 2.79. The fraction of sp³-hybridized carbons (Fsp3) is 0.208. The summed E-state index contributed by atoms with van der Waals surface area (Å²) in [4.78, 5) is 18.0. The van der Waals surface area contributed by atoms with E-state index in [0.717, 1.165) is 53.3 Å². The van der Waals surface area contributed by atoms with Crippen LogP contribution >= 0.6 is 11.6 Å².